The summed E-state index contributed by atoms with van der Waals surface area (Å²) in [6, 6.07) is 20.2. The van der Waals surface area contributed by atoms with Gasteiger partial charge in [0.15, 0.2) is 5.76 Å². The average Bonchev–Trinajstić information content (AvgIpc) is 3.36. The summed E-state index contributed by atoms with van der Waals surface area (Å²) in [4.78, 5) is 17.7. The van der Waals surface area contributed by atoms with Gasteiger partial charge in [-0.3, -0.25) is 9.69 Å². The highest BCUT2D eigenvalue weighted by molar-refractivity contribution is 6.04. The fourth-order valence-corrected chi connectivity index (χ4v) is 4.27. The van der Waals surface area contributed by atoms with Gasteiger partial charge in [0.25, 0.3) is 5.91 Å². The normalized spacial score (nSPS) is 15.0. The number of likely N-dealkylation sites (tertiary alicyclic amines) is 1. The van der Waals surface area contributed by atoms with Crippen LogP contribution in [0, 0.1) is 0 Å². The molecule has 0 N–H and O–H groups in total. The molecule has 1 saturated heterocycles. The molecule has 0 unspecified atom stereocenters. The van der Waals surface area contributed by atoms with Gasteiger partial charge in [0.2, 0.25) is 0 Å². The summed E-state index contributed by atoms with van der Waals surface area (Å²) in [5, 5.41) is 0. The van der Waals surface area contributed by atoms with Crippen LogP contribution in [0.1, 0.15) is 41.4 Å². The van der Waals surface area contributed by atoms with Crippen LogP contribution in [-0.2, 0) is 13.0 Å². The van der Waals surface area contributed by atoms with Gasteiger partial charge in [-0.25, -0.2) is 0 Å². The SMILES string of the molecule is CCc1ccc(N(C(=O)c2ccco2)C2CCN(Cc3cccc(OC)c3)CC2)cc1. The molecule has 0 atom stereocenters. The Kier molecular flexibility index (Phi) is 6.73. The molecular formula is C26H30N2O3. The number of piperidine rings is 1. The van der Waals surface area contributed by atoms with Crippen LogP contribution in [0.5, 0.6) is 5.75 Å². The Bertz CT molecular complexity index is 974. The summed E-state index contributed by atoms with van der Waals surface area (Å²) in [5.41, 5.74) is 3.45. The Morgan fingerprint density at radius 2 is 1.84 bits per heavy atom. The van der Waals surface area contributed by atoms with Gasteiger partial charge in [0.1, 0.15) is 5.75 Å². The Hall–Kier alpha value is -3.05. The fraction of sp³-hybridized carbons (Fsp3) is 0.346. The summed E-state index contributed by atoms with van der Waals surface area (Å²) in [5.74, 6) is 1.21. The molecule has 0 aliphatic carbocycles. The van der Waals surface area contributed by atoms with Crippen LogP contribution in [0.4, 0.5) is 5.69 Å². The van der Waals surface area contributed by atoms with Crippen molar-refractivity contribution in [1.82, 2.24) is 4.90 Å². The molecule has 31 heavy (non-hydrogen) atoms. The monoisotopic (exact) mass is 418 g/mol. The first kappa shape index (κ1) is 21.2. The molecule has 5 nitrogen and oxygen atoms in total. The zero-order valence-electron chi connectivity index (χ0n) is 18.3. The number of anilines is 1. The van der Waals surface area contributed by atoms with Crippen molar-refractivity contribution in [1.29, 1.82) is 0 Å². The van der Waals surface area contributed by atoms with E-state index in [0.717, 1.165) is 50.3 Å². The van der Waals surface area contributed by atoms with Crippen molar-refractivity contribution in [2.45, 2.75) is 38.8 Å². The van der Waals surface area contributed by atoms with Gasteiger partial charge in [-0.15, -0.1) is 0 Å². The zero-order chi connectivity index (χ0) is 21.6. The highest BCUT2D eigenvalue weighted by Crippen LogP contribution is 2.27. The highest BCUT2D eigenvalue weighted by Gasteiger charge is 2.31. The number of furan rings is 1. The average molecular weight is 419 g/mol. The number of carbonyl (C=O) groups excluding carboxylic acids is 1. The Morgan fingerprint density at radius 1 is 1.06 bits per heavy atom. The van der Waals surface area contributed by atoms with E-state index >= 15 is 0 Å². The van der Waals surface area contributed by atoms with Gasteiger partial charge in [0, 0.05) is 31.4 Å². The smallest absolute Gasteiger partial charge is 0.294 e. The number of benzene rings is 2. The van der Waals surface area contributed by atoms with Crippen LogP contribution < -0.4 is 9.64 Å². The quantitative estimate of drug-likeness (QED) is 0.532. The number of nitrogens with zero attached hydrogens (tertiary/aromatic N) is 2. The van der Waals surface area contributed by atoms with Gasteiger partial charge in [-0.2, -0.15) is 0 Å². The Labute approximate surface area is 184 Å². The minimum atomic E-state index is -0.0690. The van der Waals surface area contributed by atoms with Crippen molar-refractivity contribution in [2.24, 2.45) is 0 Å². The van der Waals surface area contributed by atoms with E-state index in [0.29, 0.717) is 5.76 Å². The van der Waals surface area contributed by atoms with Gasteiger partial charge >= 0.3 is 0 Å². The highest BCUT2D eigenvalue weighted by atomic mass is 16.5. The van der Waals surface area contributed by atoms with Crippen molar-refractivity contribution >= 4 is 11.6 Å². The van der Waals surface area contributed by atoms with E-state index in [9.17, 15) is 4.79 Å². The van der Waals surface area contributed by atoms with E-state index in [1.165, 1.54) is 11.1 Å². The molecule has 5 heteroatoms. The van der Waals surface area contributed by atoms with Gasteiger partial charge in [-0.1, -0.05) is 31.2 Å². The largest absolute Gasteiger partial charge is 0.497 e. The lowest BCUT2D eigenvalue weighted by atomic mass is 10.0. The van der Waals surface area contributed by atoms with Gasteiger partial charge < -0.3 is 14.1 Å². The van der Waals surface area contributed by atoms with E-state index < -0.39 is 0 Å². The molecule has 0 saturated carbocycles. The first-order valence-corrected chi connectivity index (χ1v) is 11.0. The minimum Gasteiger partial charge on any atom is -0.497 e. The molecule has 3 aromatic rings. The summed E-state index contributed by atoms with van der Waals surface area (Å²) < 4.78 is 10.8. The molecule has 0 radical (unpaired) electrons. The van der Waals surface area contributed by atoms with Crippen LogP contribution in [-0.4, -0.2) is 37.0 Å². The van der Waals surface area contributed by atoms with Crippen LogP contribution in [0.15, 0.2) is 71.3 Å². The van der Waals surface area contributed by atoms with Crippen molar-refractivity contribution in [3.8, 4) is 5.75 Å². The molecule has 1 amide bonds. The molecule has 2 aromatic carbocycles. The first-order chi connectivity index (χ1) is 15.2. The molecule has 2 heterocycles. The number of amides is 1. The van der Waals surface area contributed by atoms with E-state index in [1.54, 1.807) is 25.5 Å². The molecule has 1 aromatic heterocycles. The lowest BCUT2D eigenvalue weighted by Gasteiger charge is -2.38. The van der Waals surface area contributed by atoms with Gasteiger partial charge in [-0.05, 0) is 66.8 Å². The summed E-state index contributed by atoms with van der Waals surface area (Å²) in [6.45, 7) is 4.91. The molecule has 4 rings (SSSR count). The van der Waals surface area contributed by atoms with Crippen molar-refractivity contribution in [3.05, 3.63) is 83.8 Å². The number of hydrogen-bond acceptors (Lipinski definition) is 4. The van der Waals surface area contributed by atoms with Crippen molar-refractivity contribution < 1.29 is 13.9 Å². The Morgan fingerprint density at radius 3 is 2.48 bits per heavy atom. The molecule has 162 valence electrons. The lowest BCUT2D eigenvalue weighted by molar-refractivity contribution is 0.0931. The predicted octanol–water partition coefficient (Wildman–Crippen LogP) is 5.16. The number of aryl methyl sites for hydroxylation is 1. The third-order valence-corrected chi connectivity index (χ3v) is 6.04. The maximum absolute atomic E-state index is 13.3. The standard InChI is InChI=1S/C26H30N2O3/c1-3-20-9-11-22(12-10-20)28(26(29)25-8-5-17-31-25)23-13-15-27(16-14-23)19-21-6-4-7-24(18-21)30-2/h4-12,17-18,23H,3,13-16,19H2,1-2H3. The second-order valence-corrected chi connectivity index (χ2v) is 8.03. The van der Waals surface area contributed by atoms with Crippen molar-refractivity contribution in [2.75, 3.05) is 25.1 Å². The predicted molar refractivity (Wildman–Crippen MR) is 123 cm³/mol. The van der Waals surface area contributed by atoms with Crippen LogP contribution >= 0.6 is 0 Å². The molecule has 0 bridgehead atoms. The maximum atomic E-state index is 13.3. The van der Waals surface area contributed by atoms with E-state index in [2.05, 4.69) is 48.2 Å². The number of carbonyl (C=O) groups is 1. The number of ether oxygens (including phenoxy) is 1. The molecule has 1 aliphatic rings. The van der Waals surface area contributed by atoms with Crippen LogP contribution in [0.3, 0.4) is 0 Å². The van der Waals surface area contributed by atoms with Crippen molar-refractivity contribution in [3.63, 3.8) is 0 Å². The fourth-order valence-electron chi connectivity index (χ4n) is 4.27. The third-order valence-electron chi connectivity index (χ3n) is 6.04. The maximum Gasteiger partial charge on any atom is 0.294 e. The summed E-state index contributed by atoms with van der Waals surface area (Å²) in [6.07, 6.45) is 4.38. The third kappa shape index (κ3) is 5.00. The number of hydrogen-bond donors (Lipinski definition) is 0. The number of methoxy groups -OCH3 is 1. The summed E-state index contributed by atoms with van der Waals surface area (Å²) >= 11 is 0. The first-order valence-electron chi connectivity index (χ1n) is 11.0. The number of rotatable bonds is 7. The van der Waals surface area contributed by atoms with Crippen LogP contribution in [0.25, 0.3) is 0 Å². The van der Waals surface area contributed by atoms with E-state index in [1.807, 2.05) is 17.0 Å². The topological polar surface area (TPSA) is 45.9 Å². The zero-order valence-corrected chi connectivity index (χ0v) is 18.3. The Balaban J connectivity index is 1.48. The minimum absolute atomic E-state index is 0.0690. The second-order valence-electron chi connectivity index (χ2n) is 8.03. The molecule has 1 fully saturated rings. The summed E-state index contributed by atoms with van der Waals surface area (Å²) in [7, 11) is 1.70. The molecule has 1 aliphatic heterocycles. The molecular weight excluding hydrogens is 388 g/mol. The molecule has 0 spiro atoms. The van der Waals surface area contributed by atoms with E-state index in [-0.39, 0.29) is 11.9 Å². The lowest BCUT2D eigenvalue weighted by Crippen LogP contribution is -2.47. The van der Waals surface area contributed by atoms with Crippen LogP contribution in [0.2, 0.25) is 0 Å². The second kappa shape index (κ2) is 9.84. The van der Waals surface area contributed by atoms with E-state index in [4.69, 9.17) is 9.15 Å². The van der Waals surface area contributed by atoms with Gasteiger partial charge in [0.05, 0.1) is 13.4 Å².